The highest BCUT2D eigenvalue weighted by molar-refractivity contribution is 5.21. The number of β-amino-alcohol motifs (C(OH)–C–C–N with tert-alkyl or cyclic N) is 1. The van der Waals surface area contributed by atoms with Gasteiger partial charge in [0.05, 0.1) is 12.6 Å². The van der Waals surface area contributed by atoms with Gasteiger partial charge in [0.2, 0.25) is 5.89 Å². The van der Waals surface area contributed by atoms with Gasteiger partial charge in [0.1, 0.15) is 5.82 Å². The molecule has 4 rings (SSSR count). The largest absolute Gasteiger partial charge is 0.392 e. The van der Waals surface area contributed by atoms with Crippen molar-refractivity contribution < 1.29 is 14.0 Å². The van der Waals surface area contributed by atoms with E-state index in [1.165, 1.54) is 25.0 Å². The van der Waals surface area contributed by atoms with Crippen LogP contribution in [-0.2, 0) is 6.54 Å². The Hall–Kier alpha value is -1.79. The summed E-state index contributed by atoms with van der Waals surface area (Å²) < 4.78 is 18.6. The number of rotatable bonds is 4. The molecule has 1 aliphatic carbocycles. The van der Waals surface area contributed by atoms with E-state index in [4.69, 9.17) is 4.52 Å². The van der Waals surface area contributed by atoms with E-state index in [1.807, 2.05) is 0 Å². The summed E-state index contributed by atoms with van der Waals surface area (Å²) in [6.07, 6.45) is 4.99. The second-order valence-electron chi connectivity index (χ2n) is 6.91. The minimum atomic E-state index is -0.391. The van der Waals surface area contributed by atoms with Crippen molar-refractivity contribution in [2.45, 2.75) is 56.7 Å². The summed E-state index contributed by atoms with van der Waals surface area (Å²) in [5.41, 5.74) is 1.00. The highest BCUT2D eigenvalue weighted by Gasteiger charge is 2.33. The predicted molar refractivity (Wildman–Crippen MR) is 85.7 cm³/mol. The molecule has 2 heterocycles. The standard InChI is InChI=1S/C18H22FN3O2/c19-14-7-5-12(6-8-14)16-9-15(23)10-22(16)11-17-20-18(21-24-17)13-3-1-2-4-13/h5-8,13,15-16,23H,1-4,9-11H2/t15-,16-/m1/s1. The van der Waals surface area contributed by atoms with E-state index in [9.17, 15) is 9.50 Å². The van der Waals surface area contributed by atoms with E-state index in [1.54, 1.807) is 12.1 Å². The zero-order valence-corrected chi connectivity index (χ0v) is 13.6. The molecule has 5 nitrogen and oxygen atoms in total. The molecule has 2 atom stereocenters. The van der Waals surface area contributed by atoms with Crippen LogP contribution in [0.1, 0.15) is 61.3 Å². The Morgan fingerprint density at radius 1 is 1.21 bits per heavy atom. The van der Waals surface area contributed by atoms with Crippen molar-refractivity contribution in [2.75, 3.05) is 6.54 Å². The fraction of sp³-hybridized carbons (Fsp3) is 0.556. The lowest BCUT2D eigenvalue weighted by Crippen LogP contribution is -2.24. The summed E-state index contributed by atoms with van der Waals surface area (Å²) in [6, 6.07) is 6.53. The zero-order chi connectivity index (χ0) is 16.5. The van der Waals surface area contributed by atoms with Crippen molar-refractivity contribution in [3.63, 3.8) is 0 Å². The molecular weight excluding hydrogens is 309 g/mol. The van der Waals surface area contributed by atoms with Crippen molar-refractivity contribution in [1.29, 1.82) is 0 Å². The third-order valence-corrected chi connectivity index (χ3v) is 5.18. The monoisotopic (exact) mass is 331 g/mol. The summed E-state index contributed by atoms with van der Waals surface area (Å²) >= 11 is 0. The Morgan fingerprint density at radius 2 is 1.96 bits per heavy atom. The first-order valence-electron chi connectivity index (χ1n) is 8.69. The highest BCUT2D eigenvalue weighted by Crippen LogP contribution is 2.35. The van der Waals surface area contributed by atoms with Gasteiger partial charge in [0, 0.05) is 18.5 Å². The number of halogens is 1. The fourth-order valence-corrected chi connectivity index (χ4v) is 3.94. The normalized spacial score (nSPS) is 25.6. The fourth-order valence-electron chi connectivity index (χ4n) is 3.94. The van der Waals surface area contributed by atoms with Crippen LogP contribution in [0.25, 0.3) is 0 Å². The molecule has 0 bridgehead atoms. The van der Waals surface area contributed by atoms with Gasteiger partial charge in [0.25, 0.3) is 0 Å². The number of likely N-dealkylation sites (tertiary alicyclic amines) is 1. The summed E-state index contributed by atoms with van der Waals surface area (Å²) in [5.74, 6) is 1.60. The Balaban J connectivity index is 1.48. The molecule has 0 radical (unpaired) electrons. The summed E-state index contributed by atoms with van der Waals surface area (Å²) in [7, 11) is 0. The topological polar surface area (TPSA) is 62.4 Å². The van der Waals surface area contributed by atoms with Crippen LogP contribution in [0.5, 0.6) is 0 Å². The van der Waals surface area contributed by atoms with Crippen molar-refractivity contribution in [3.8, 4) is 0 Å². The second kappa shape index (κ2) is 6.61. The van der Waals surface area contributed by atoms with E-state index in [2.05, 4.69) is 15.0 Å². The maximum Gasteiger partial charge on any atom is 0.240 e. The molecule has 128 valence electrons. The minimum Gasteiger partial charge on any atom is -0.392 e. The third kappa shape index (κ3) is 3.21. The molecule has 0 amide bonds. The first-order chi connectivity index (χ1) is 11.7. The highest BCUT2D eigenvalue weighted by atomic mass is 19.1. The minimum absolute atomic E-state index is 0.0439. The van der Waals surface area contributed by atoms with Gasteiger partial charge in [-0.05, 0) is 37.0 Å². The van der Waals surface area contributed by atoms with Crippen LogP contribution in [0.4, 0.5) is 4.39 Å². The molecule has 1 N–H and O–H groups in total. The number of aromatic nitrogens is 2. The number of aliphatic hydroxyl groups excluding tert-OH is 1. The van der Waals surface area contributed by atoms with Crippen LogP contribution in [0.2, 0.25) is 0 Å². The van der Waals surface area contributed by atoms with E-state index in [-0.39, 0.29) is 11.9 Å². The summed E-state index contributed by atoms with van der Waals surface area (Å²) in [6.45, 7) is 1.07. The predicted octanol–water partition coefficient (Wildman–Crippen LogP) is 3.17. The first-order valence-corrected chi connectivity index (χ1v) is 8.69. The van der Waals surface area contributed by atoms with Crippen LogP contribution in [0.3, 0.4) is 0 Å². The summed E-state index contributed by atoms with van der Waals surface area (Å²) in [5, 5.41) is 14.2. The molecule has 1 aliphatic heterocycles. The van der Waals surface area contributed by atoms with Crippen LogP contribution in [0, 0.1) is 5.82 Å². The number of nitrogens with zero attached hydrogens (tertiary/aromatic N) is 3. The molecule has 1 aromatic heterocycles. The maximum atomic E-state index is 13.1. The van der Waals surface area contributed by atoms with E-state index in [0.29, 0.717) is 31.3 Å². The molecular formula is C18H22FN3O2. The van der Waals surface area contributed by atoms with Gasteiger partial charge < -0.3 is 9.63 Å². The van der Waals surface area contributed by atoms with Gasteiger partial charge >= 0.3 is 0 Å². The molecule has 24 heavy (non-hydrogen) atoms. The van der Waals surface area contributed by atoms with Crippen LogP contribution in [0.15, 0.2) is 28.8 Å². The zero-order valence-electron chi connectivity index (χ0n) is 13.6. The van der Waals surface area contributed by atoms with Crippen molar-refractivity contribution in [3.05, 3.63) is 47.4 Å². The van der Waals surface area contributed by atoms with E-state index in [0.717, 1.165) is 24.2 Å². The summed E-state index contributed by atoms with van der Waals surface area (Å²) in [4.78, 5) is 6.69. The van der Waals surface area contributed by atoms with Gasteiger partial charge in [-0.2, -0.15) is 4.98 Å². The number of hydrogen-bond donors (Lipinski definition) is 1. The number of aliphatic hydroxyl groups is 1. The lowest BCUT2D eigenvalue weighted by Gasteiger charge is -2.22. The molecule has 1 aromatic carbocycles. The smallest absolute Gasteiger partial charge is 0.240 e. The Labute approximate surface area is 140 Å². The molecule has 1 saturated heterocycles. The Bertz CT molecular complexity index is 682. The lowest BCUT2D eigenvalue weighted by molar-refractivity contribution is 0.164. The Kier molecular flexibility index (Phi) is 4.33. The molecule has 0 unspecified atom stereocenters. The van der Waals surface area contributed by atoms with Crippen molar-refractivity contribution in [2.24, 2.45) is 0 Å². The van der Waals surface area contributed by atoms with Crippen molar-refractivity contribution >= 4 is 0 Å². The molecule has 2 aromatic rings. The first kappa shape index (κ1) is 15.7. The number of hydrogen-bond acceptors (Lipinski definition) is 5. The van der Waals surface area contributed by atoms with Gasteiger partial charge in [0.15, 0.2) is 5.82 Å². The molecule has 2 aliphatic rings. The third-order valence-electron chi connectivity index (χ3n) is 5.18. The average molecular weight is 331 g/mol. The molecule has 0 spiro atoms. The van der Waals surface area contributed by atoms with Gasteiger partial charge in [-0.3, -0.25) is 4.90 Å². The van der Waals surface area contributed by atoms with Crippen LogP contribution < -0.4 is 0 Å². The second-order valence-corrected chi connectivity index (χ2v) is 6.91. The maximum absolute atomic E-state index is 13.1. The molecule has 2 fully saturated rings. The van der Waals surface area contributed by atoms with Gasteiger partial charge in [-0.15, -0.1) is 0 Å². The van der Waals surface area contributed by atoms with Crippen molar-refractivity contribution in [1.82, 2.24) is 15.0 Å². The molecule has 1 saturated carbocycles. The van der Waals surface area contributed by atoms with Crippen LogP contribution >= 0.6 is 0 Å². The van der Waals surface area contributed by atoms with E-state index >= 15 is 0 Å². The number of benzene rings is 1. The van der Waals surface area contributed by atoms with Crippen LogP contribution in [-0.4, -0.2) is 32.8 Å². The lowest BCUT2D eigenvalue weighted by atomic mass is 10.0. The van der Waals surface area contributed by atoms with Gasteiger partial charge in [-0.25, -0.2) is 4.39 Å². The Morgan fingerprint density at radius 3 is 2.71 bits per heavy atom. The average Bonchev–Trinajstić information content (AvgIpc) is 3.29. The quantitative estimate of drug-likeness (QED) is 0.932. The van der Waals surface area contributed by atoms with E-state index < -0.39 is 6.10 Å². The van der Waals surface area contributed by atoms with Gasteiger partial charge in [-0.1, -0.05) is 30.1 Å². The molecule has 6 heteroatoms. The SMILES string of the molecule is O[C@@H]1C[C@H](c2ccc(F)cc2)N(Cc2nc(C3CCCC3)no2)C1.